The molecule has 106 valence electrons. The fourth-order valence-corrected chi connectivity index (χ4v) is 3.14. The van der Waals surface area contributed by atoms with Gasteiger partial charge in [-0.2, -0.15) is 0 Å². The Labute approximate surface area is 115 Å². The Hall–Kier alpha value is -1.07. The van der Waals surface area contributed by atoms with Crippen molar-refractivity contribution in [3.63, 3.8) is 0 Å². The van der Waals surface area contributed by atoms with E-state index in [1.807, 2.05) is 13.0 Å². The second kappa shape index (κ2) is 5.51. The van der Waals surface area contributed by atoms with Crippen LogP contribution in [-0.2, 0) is 9.84 Å². The van der Waals surface area contributed by atoms with Gasteiger partial charge in [0.25, 0.3) is 0 Å². The molecule has 0 aromatic heterocycles. The zero-order valence-corrected chi connectivity index (χ0v) is 12.6. The van der Waals surface area contributed by atoms with Gasteiger partial charge in [0.05, 0.1) is 4.90 Å². The predicted molar refractivity (Wildman–Crippen MR) is 78.4 cm³/mol. The molecule has 1 N–H and O–H groups in total. The van der Waals surface area contributed by atoms with Gasteiger partial charge in [0.2, 0.25) is 0 Å². The van der Waals surface area contributed by atoms with E-state index in [9.17, 15) is 8.42 Å². The standard InChI is InChI=1S/C14H22N2O2S/c1-11-6-7-13(19(3,17)18)9-14(11)15-12-5-4-8-16(2)10-12/h6-7,9,12,15H,4-5,8,10H2,1-3H3. The number of nitrogens with zero attached hydrogens (tertiary/aromatic N) is 1. The highest BCUT2D eigenvalue weighted by atomic mass is 32.2. The average molecular weight is 282 g/mol. The Bertz CT molecular complexity index is 555. The summed E-state index contributed by atoms with van der Waals surface area (Å²) in [6.45, 7) is 4.14. The maximum absolute atomic E-state index is 11.6. The molecule has 0 spiro atoms. The van der Waals surface area contributed by atoms with Gasteiger partial charge in [-0.05, 0) is 51.1 Å². The second-order valence-electron chi connectivity index (χ2n) is 5.49. The minimum atomic E-state index is -3.14. The lowest BCUT2D eigenvalue weighted by molar-refractivity contribution is 0.261. The number of nitrogens with one attached hydrogen (secondary N) is 1. The molecular weight excluding hydrogens is 260 g/mol. The normalized spacial score (nSPS) is 21.3. The van der Waals surface area contributed by atoms with E-state index in [4.69, 9.17) is 0 Å². The van der Waals surface area contributed by atoms with E-state index in [2.05, 4.69) is 17.3 Å². The third kappa shape index (κ3) is 3.70. The number of sulfone groups is 1. The van der Waals surface area contributed by atoms with E-state index in [1.165, 1.54) is 12.7 Å². The zero-order chi connectivity index (χ0) is 14.0. The van der Waals surface area contributed by atoms with Gasteiger partial charge in [-0.25, -0.2) is 8.42 Å². The number of hydrogen-bond acceptors (Lipinski definition) is 4. The third-order valence-electron chi connectivity index (χ3n) is 3.62. The van der Waals surface area contributed by atoms with Crippen molar-refractivity contribution in [1.82, 2.24) is 4.90 Å². The molecule has 1 aliphatic rings. The molecule has 5 heteroatoms. The molecule has 1 saturated heterocycles. The van der Waals surface area contributed by atoms with Crippen molar-refractivity contribution in [3.8, 4) is 0 Å². The van der Waals surface area contributed by atoms with Crippen molar-refractivity contribution < 1.29 is 8.42 Å². The molecule has 0 amide bonds. The number of rotatable bonds is 3. The summed E-state index contributed by atoms with van der Waals surface area (Å²) < 4.78 is 23.2. The molecule has 1 aromatic rings. The lowest BCUT2D eigenvalue weighted by Gasteiger charge is -2.31. The summed E-state index contributed by atoms with van der Waals surface area (Å²) in [5, 5.41) is 3.49. The molecule has 0 radical (unpaired) electrons. The zero-order valence-electron chi connectivity index (χ0n) is 11.8. The summed E-state index contributed by atoms with van der Waals surface area (Å²) in [5.41, 5.74) is 2.02. The Morgan fingerprint density at radius 3 is 2.74 bits per heavy atom. The summed E-state index contributed by atoms with van der Waals surface area (Å²) >= 11 is 0. The van der Waals surface area contributed by atoms with Crippen LogP contribution in [0.5, 0.6) is 0 Å². The predicted octanol–water partition coefficient (Wildman–Crippen LogP) is 1.90. The lowest BCUT2D eigenvalue weighted by atomic mass is 10.1. The van der Waals surface area contributed by atoms with Gasteiger partial charge >= 0.3 is 0 Å². The van der Waals surface area contributed by atoms with Gasteiger partial charge in [-0.1, -0.05) is 6.07 Å². The van der Waals surface area contributed by atoms with Gasteiger partial charge < -0.3 is 10.2 Å². The topological polar surface area (TPSA) is 49.4 Å². The fraction of sp³-hybridized carbons (Fsp3) is 0.571. The molecule has 1 unspecified atom stereocenters. The summed E-state index contributed by atoms with van der Waals surface area (Å²) in [4.78, 5) is 2.68. The third-order valence-corrected chi connectivity index (χ3v) is 4.73. The van der Waals surface area contributed by atoms with Crippen molar-refractivity contribution in [3.05, 3.63) is 23.8 Å². The largest absolute Gasteiger partial charge is 0.381 e. The van der Waals surface area contributed by atoms with Crippen molar-refractivity contribution in [2.75, 3.05) is 31.7 Å². The molecule has 1 atom stereocenters. The van der Waals surface area contributed by atoms with Gasteiger partial charge in [0.15, 0.2) is 9.84 Å². The number of likely N-dealkylation sites (N-methyl/N-ethyl adjacent to an activating group) is 1. The molecule has 1 fully saturated rings. The lowest BCUT2D eigenvalue weighted by Crippen LogP contribution is -2.39. The first-order valence-corrected chi connectivity index (χ1v) is 8.51. The van der Waals surface area contributed by atoms with Gasteiger partial charge in [-0.3, -0.25) is 0 Å². The smallest absolute Gasteiger partial charge is 0.175 e. The van der Waals surface area contributed by atoms with Gasteiger partial charge in [0.1, 0.15) is 0 Å². The number of benzene rings is 1. The Kier molecular flexibility index (Phi) is 4.16. The van der Waals surface area contributed by atoms with Crippen LogP contribution in [0.2, 0.25) is 0 Å². The molecule has 0 saturated carbocycles. The van der Waals surface area contributed by atoms with E-state index < -0.39 is 9.84 Å². The van der Waals surface area contributed by atoms with E-state index in [0.717, 1.165) is 30.8 Å². The van der Waals surface area contributed by atoms with Crippen LogP contribution in [0.25, 0.3) is 0 Å². The maximum atomic E-state index is 11.6. The summed E-state index contributed by atoms with van der Waals surface area (Å²) in [6.07, 6.45) is 3.56. The van der Waals surface area contributed by atoms with Crippen molar-refractivity contribution in [2.24, 2.45) is 0 Å². The minimum absolute atomic E-state index is 0.379. The van der Waals surface area contributed by atoms with Crippen LogP contribution in [0, 0.1) is 6.92 Å². The monoisotopic (exact) mass is 282 g/mol. The van der Waals surface area contributed by atoms with Crippen LogP contribution in [0.1, 0.15) is 18.4 Å². The number of piperidine rings is 1. The molecule has 2 rings (SSSR count). The van der Waals surface area contributed by atoms with E-state index in [0.29, 0.717) is 10.9 Å². The summed E-state index contributed by atoms with van der Waals surface area (Å²) in [5.74, 6) is 0. The Balaban J connectivity index is 2.19. The molecule has 19 heavy (non-hydrogen) atoms. The fourth-order valence-electron chi connectivity index (χ4n) is 2.49. The number of aryl methyl sites for hydroxylation is 1. The first kappa shape index (κ1) is 14.3. The maximum Gasteiger partial charge on any atom is 0.175 e. The first-order valence-electron chi connectivity index (χ1n) is 6.62. The van der Waals surface area contributed by atoms with E-state index in [1.54, 1.807) is 12.1 Å². The molecule has 0 bridgehead atoms. The van der Waals surface area contributed by atoms with E-state index >= 15 is 0 Å². The quantitative estimate of drug-likeness (QED) is 0.920. The number of anilines is 1. The van der Waals surface area contributed by atoms with Crippen LogP contribution in [0.15, 0.2) is 23.1 Å². The summed E-state index contributed by atoms with van der Waals surface area (Å²) in [6, 6.07) is 5.68. The second-order valence-corrected chi connectivity index (χ2v) is 7.51. The number of likely N-dealkylation sites (tertiary alicyclic amines) is 1. The molecule has 1 aromatic carbocycles. The van der Waals surface area contributed by atoms with Crippen LogP contribution >= 0.6 is 0 Å². The molecule has 1 aliphatic heterocycles. The SMILES string of the molecule is Cc1ccc(S(C)(=O)=O)cc1NC1CCCN(C)C1. The summed E-state index contributed by atoms with van der Waals surface area (Å²) in [7, 11) is -1.03. The van der Waals surface area contributed by atoms with Gasteiger partial charge in [-0.15, -0.1) is 0 Å². The van der Waals surface area contributed by atoms with Gasteiger partial charge in [0, 0.05) is 24.5 Å². The minimum Gasteiger partial charge on any atom is -0.381 e. The molecule has 0 aliphatic carbocycles. The average Bonchev–Trinajstić information content (AvgIpc) is 2.30. The highest BCUT2D eigenvalue weighted by molar-refractivity contribution is 7.90. The highest BCUT2D eigenvalue weighted by Crippen LogP contribution is 2.22. The van der Waals surface area contributed by atoms with Crippen LogP contribution in [0.4, 0.5) is 5.69 Å². The van der Waals surface area contributed by atoms with Crippen LogP contribution in [0.3, 0.4) is 0 Å². The highest BCUT2D eigenvalue weighted by Gasteiger charge is 2.18. The van der Waals surface area contributed by atoms with Crippen LogP contribution in [-0.4, -0.2) is 45.8 Å². The van der Waals surface area contributed by atoms with Crippen LogP contribution < -0.4 is 5.32 Å². The van der Waals surface area contributed by atoms with Crippen molar-refractivity contribution in [1.29, 1.82) is 0 Å². The molecule has 4 nitrogen and oxygen atoms in total. The number of hydrogen-bond donors (Lipinski definition) is 1. The van der Waals surface area contributed by atoms with Crippen molar-refractivity contribution in [2.45, 2.75) is 30.7 Å². The molecule has 1 heterocycles. The first-order chi connectivity index (χ1) is 8.86. The Morgan fingerprint density at radius 1 is 1.37 bits per heavy atom. The van der Waals surface area contributed by atoms with E-state index in [-0.39, 0.29) is 0 Å². The van der Waals surface area contributed by atoms with Crippen molar-refractivity contribution >= 4 is 15.5 Å². The Morgan fingerprint density at radius 2 is 2.11 bits per heavy atom. The molecular formula is C14H22N2O2S.